The first kappa shape index (κ1) is 22.6. The quantitative estimate of drug-likeness (QED) is 0.349. The van der Waals surface area contributed by atoms with Crippen LogP contribution in [0.5, 0.6) is 5.75 Å². The fourth-order valence-corrected chi connectivity index (χ4v) is 5.16. The van der Waals surface area contributed by atoms with E-state index in [2.05, 4.69) is 21.7 Å². The molecule has 170 valence electrons. The third-order valence-corrected chi connectivity index (χ3v) is 6.96. The molecule has 0 bridgehead atoms. The van der Waals surface area contributed by atoms with E-state index in [1.54, 1.807) is 7.11 Å². The van der Waals surface area contributed by atoms with Crippen LogP contribution in [0.25, 0.3) is 11.4 Å². The second kappa shape index (κ2) is 9.92. The van der Waals surface area contributed by atoms with E-state index < -0.39 is 0 Å². The van der Waals surface area contributed by atoms with E-state index in [4.69, 9.17) is 9.47 Å². The third-order valence-electron chi connectivity index (χ3n) is 6.00. The summed E-state index contributed by atoms with van der Waals surface area (Å²) in [4.78, 5) is 13.1. The molecule has 8 heteroatoms. The molecule has 0 saturated carbocycles. The smallest absolute Gasteiger partial charge is 0.191 e. The highest BCUT2D eigenvalue weighted by Crippen LogP contribution is 2.31. The molecule has 1 aliphatic heterocycles. The summed E-state index contributed by atoms with van der Waals surface area (Å²) in [6.07, 6.45) is 2.44. The van der Waals surface area contributed by atoms with Crippen molar-refractivity contribution in [2.24, 2.45) is 0 Å². The normalized spacial score (nSPS) is 15.9. The van der Waals surface area contributed by atoms with Gasteiger partial charge in [0.25, 0.3) is 0 Å². The molecule has 0 aliphatic carbocycles. The Labute approximate surface area is 193 Å². The zero-order valence-electron chi connectivity index (χ0n) is 19.1. The van der Waals surface area contributed by atoms with Gasteiger partial charge in [-0.15, -0.1) is 10.2 Å². The van der Waals surface area contributed by atoms with Crippen LogP contribution in [-0.4, -0.2) is 50.7 Å². The summed E-state index contributed by atoms with van der Waals surface area (Å²) < 4.78 is 15.5. The minimum absolute atomic E-state index is 0.103. The highest BCUT2D eigenvalue weighted by atomic mass is 32.2. The van der Waals surface area contributed by atoms with Crippen LogP contribution in [0, 0.1) is 13.8 Å². The van der Waals surface area contributed by atoms with Gasteiger partial charge in [0, 0.05) is 36.6 Å². The Kier molecular flexibility index (Phi) is 7.01. The molecule has 1 aliphatic rings. The Morgan fingerprint density at radius 2 is 2.06 bits per heavy atom. The van der Waals surface area contributed by atoms with E-state index in [9.17, 15) is 4.79 Å². The Morgan fingerprint density at radius 1 is 1.25 bits per heavy atom. The summed E-state index contributed by atoms with van der Waals surface area (Å²) in [6, 6.07) is 9.76. The maximum Gasteiger partial charge on any atom is 0.191 e. The zero-order chi connectivity index (χ0) is 22.7. The molecule has 0 radical (unpaired) electrons. The molecule has 0 N–H and O–H groups in total. The van der Waals surface area contributed by atoms with Gasteiger partial charge in [-0.25, -0.2) is 0 Å². The molecule has 2 aromatic heterocycles. The lowest BCUT2D eigenvalue weighted by Crippen LogP contribution is -2.17. The molecule has 1 saturated heterocycles. The van der Waals surface area contributed by atoms with Gasteiger partial charge in [0.1, 0.15) is 5.75 Å². The van der Waals surface area contributed by atoms with Crippen molar-refractivity contribution in [3.05, 3.63) is 47.3 Å². The molecule has 1 aromatic carbocycles. The van der Waals surface area contributed by atoms with Crippen LogP contribution in [0.15, 0.2) is 35.5 Å². The number of ether oxygens (including phenoxy) is 2. The van der Waals surface area contributed by atoms with Crippen LogP contribution < -0.4 is 4.74 Å². The number of hydrogen-bond acceptors (Lipinski definition) is 6. The van der Waals surface area contributed by atoms with Crippen LogP contribution in [0.2, 0.25) is 0 Å². The van der Waals surface area contributed by atoms with Gasteiger partial charge >= 0.3 is 0 Å². The molecule has 0 spiro atoms. The second-order valence-corrected chi connectivity index (χ2v) is 8.94. The fourth-order valence-electron chi connectivity index (χ4n) is 4.27. The molecule has 1 atom stereocenters. The number of para-hydroxylation sites is 1. The van der Waals surface area contributed by atoms with Gasteiger partial charge in [0.2, 0.25) is 0 Å². The largest absolute Gasteiger partial charge is 0.496 e. The van der Waals surface area contributed by atoms with Gasteiger partial charge < -0.3 is 18.6 Å². The van der Waals surface area contributed by atoms with E-state index in [0.29, 0.717) is 12.3 Å². The predicted molar refractivity (Wildman–Crippen MR) is 126 cm³/mol. The van der Waals surface area contributed by atoms with Crippen LogP contribution in [-0.2, 0) is 17.8 Å². The lowest BCUT2D eigenvalue weighted by molar-refractivity contribution is 0.0957. The van der Waals surface area contributed by atoms with Gasteiger partial charge in [-0.3, -0.25) is 4.79 Å². The number of methoxy groups -OCH3 is 1. The van der Waals surface area contributed by atoms with Crippen LogP contribution in [0.4, 0.5) is 0 Å². The number of nitrogens with zero attached hydrogens (tertiary/aromatic N) is 4. The molecular weight excluding hydrogens is 424 g/mol. The number of carbonyl (C=O) groups is 1. The topological polar surface area (TPSA) is 71.2 Å². The molecule has 0 unspecified atom stereocenters. The van der Waals surface area contributed by atoms with E-state index in [1.165, 1.54) is 11.8 Å². The van der Waals surface area contributed by atoms with E-state index in [1.807, 2.05) is 48.7 Å². The maximum atomic E-state index is 13.1. The van der Waals surface area contributed by atoms with E-state index >= 15 is 0 Å². The first-order valence-electron chi connectivity index (χ1n) is 11.0. The number of rotatable bonds is 9. The average molecular weight is 455 g/mol. The predicted octanol–water partition coefficient (Wildman–Crippen LogP) is 4.55. The average Bonchev–Trinajstić information content (AvgIpc) is 3.53. The number of Topliss-reactive ketones (excluding diaryl/α,β-unsaturated/α-hetero) is 1. The molecule has 3 heterocycles. The number of carbonyl (C=O) groups excluding carboxylic acids is 1. The molecule has 32 heavy (non-hydrogen) atoms. The Hall–Kier alpha value is -2.58. The van der Waals surface area contributed by atoms with Crippen LogP contribution >= 0.6 is 11.8 Å². The summed E-state index contributed by atoms with van der Waals surface area (Å²) in [5.41, 5.74) is 3.78. The lowest BCUT2D eigenvalue weighted by Gasteiger charge is -2.14. The second-order valence-electron chi connectivity index (χ2n) is 7.99. The summed E-state index contributed by atoms with van der Waals surface area (Å²) in [5.74, 6) is 1.91. The summed E-state index contributed by atoms with van der Waals surface area (Å²) in [6.45, 7) is 8.47. The van der Waals surface area contributed by atoms with E-state index in [-0.39, 0.29) is 11.9 Å². The Balaban J connectivity index is 1.49. The van der Waals surface area contributed by atoms with Crippen molar-refractivity contribution < 1.29 is 14.3 Å². The Morgan fingerprint density at radius 3 is 2.78 bits per heavy atom. The van der Waals surface area contributed by atoms with Crippen molar-refractivity contribution >= 4 is 17.5 Å². The number of aryl methyl sites for hydroxylation is 1. The molecule has 7 nitrogen and oxygen atoms in total. The molecule has 3 aromatic rings. The van der Waals surface area contributed by atoms with E-state index in [0.717, 1.165) is 65.2 Å². The van der Waals surface area contributed by atoms with Gasteiger partial charge in [0.15, 0.2) is 16.8 Å². The van der Waals surface area contributed by atoms with Crippen molar-refractivity contribution in [2.75, 3.05) is 19.5 Å². The van der Waals surface area contributed by atoms with Crippen LogP contribution in [0.1, 0.15) is 41.5 Å². The molecule has 1 fully saturated rings. The van der Waals surface area contributed by atoms with Gasteiger partial charge in [-0.05, 0) is 51.8 Å². The highest BCUT2D eigenvalue weighted by Gasteiger charge is 2.22. The number of benzene rings is 1. The minimum Gasteiger partial charge on any atom is -0.496 e. The first-order valence-corrected chi connectivity index (χ1v) is 12.0. The SMILES string of the molecule is CCn1c(SCC(=O)c2cc(C)n(C[C@H]3CCCO3)c2C)nnc1-c1ccccc1OC. The molecule has 4 rings (SSSR count). The third kappa shape index (κ3) is 4.47. The maximum absolute atomic E-state index is 13.1. The standard InChI is InChI=1S/C24H30N4O3S/c1-5-27-23(19-10-6-7-11-22(19)30-4)25-26-24(27)32-15-21(29)20-13-16(2)28(17(20)3)14-18-9-8-12-31-18/h6-7,10-11,13,18H,5,8-9,12,14-15H2,1-4H3/t18-/m1/s1. The van der Waals surface area contributed by atoms with Crippen LogP contribution in [0.3, 0.4) is 0 Å². The fraction of sp³-hybridized carbons (Fsp3) is 0.458. The van der Waals surface area contributed by atoms with Gasteiger partial charge in [-0.1, -0.05) is 23.9 Å². The summed E-state index contributed by atoms with van der Waals surface area (Å²) in [5, 5.41) is 9.49. The molecular formula is C24H30N4O3S. The van der Waals surface area contributed by atoms with Gasteiger partial charge in [0.05, 0.1) is 24.5 Å². The highest BCUT2D eigenvalue weighted by molar-refractivity contribution is 7.99. The summed E-state index contributed by atoms with van der Waals surface area (Å²) >= 11 is 1.43. The number of aromatic nitrogens is 4. The number of ketones is 1. The lowest BCUT2D eigenvalue weighted by atomic mass is 10.2. The van der Waals surface area contributed by atoms with Crippen molar-refractivity contribution in [3.63, 3.8) is 0 Å². The number of hydrogen-bond donors (Lipinski definition) is 0. The zero-order valence-corrected chi connectivity index (χ0v) is 19.9. The minimum atomic E-state index is 0.103. The number of thioether (sulfide) groups is 1. The first-order chi connectivity index (χ1) is 15.5. The molecule has 0 amide bonds. The van der Waals surface area contributed by atoms with Gasteiger partial charge in [-0.2, -0.15) is 0 Å². The summed E-state index contributed by atoms with van der Waals surface area (Å²) in [7, 11) is 1.65. The van der Waals surface area contributed by atoms with Crippen molar-refractivity contribution in [3.8, 4) is 17.1 Å². The van der Waals surface area contributed by atoms with Crippen molar-refractivity contribution in [1.82, 2.24) is 19.3 Å². The van der Waals surface area contributed by atoms with Crippen molar-refractivity contribution in [2.45, 2.75) is 58.0 Å². The monoisotopic (exact) mass is 454 g/mol. The Bertz CT molecular complexity index is 1100. The van der Waals surface area contributed by atoms with Crippen molar-refractivity contribution in [1.29, 1.82) is 0 Å².